The first-order chi connectivity index (χ1) is 10.5. The number of methoxy groups -OCH3 is 1. The number of aromatic hydroxyl groups is 2. The number of para-hydroxylation sites is 1. The maximum atomic E-state index is 11.9. The number of hydrogen-bond acceptors (Lipinski definition) is 5. The van der Waals surface area contributed by atoms with Crippen LogP contribution in [0.5, 0.6) is 17.2 Å². The highest BCUT2D eigenvalue weighted by atomic mass is 16.5. The predicted molar refractivity (Wildman–Crippen MR) is 82.4 cm³/mol. The topological polar surface area (TPSA) is 91.2 Å². The number of nitrogens with one attached hydrogen (secondary N) is 1. The number of carbonyl (C=O) groups is 1. The molecule has 0 aliphatic heterocycles. The van der Waals surface area contributed by atoms with Crippen LogP contribution in [-0.2, 0) is 0 Å². The molecule has 0 saturated heterocycles. The van der Waals surface area contributed by atoms with E-state index >= 15 is 0 Å². The smallest absolute Gasteiger partial charge is 0.271 e. The van der Waals surface area contributed by atoms with Crippen LogP contribution in [0.1, 0.15) is 22.8 Å². The van der Waals surface area contributed by atoms with Crippen LogP contribution in [0.4, 0.5) is 0 Å². The van der Waals surface area contributed by atoms with Crippen molar-refractivity contribution in [1.82, 2.24) is 5.43 Å². The van der Waals surface area contributed by atoms with Gasteiger partial charge in [0.2, 0.25) is 0 Å². The molecule has 1 amide bonds. The van der Waals surface area contributed by atoms with Gasteiger partial charge in [-0.15, -0.1) is 0 Å². The van der Waals surface area contributed by atoms with Gasteiger partial charge in [-0.3, -0.25) is 4.79 Å². The number of amides is 1. The summed E-state index contributed by atoms with van der Waals surface area (Å²) in [6.07, 6.45) is 0. The molecule has 0 unspecified atom stereocenters. The molecule has 0 fully saturated rings. The van der Waals surface area contributed by atoms with Gasteiger partial charge in [0.25, 0.3) is 5.91 Å². The van der Waals surface area contributed by atoms with Crippen LogP contribution in [0.2, 0.25) is 0 Å². The zero-order valence-electron chi connectivity index (χ0n) is 12.2. The first kappa shape index (κ1) is 15.4. The summed E-state index contributed by atoms with van der Waals surface area (Å²) in [5.74, 6) is -0.0404. The van der Waals surface area contributed by atoms with Crippen molar-refractivity contribution in [3.63, 3.8) is 0 Å². The van der Waals surface area contributed by atoms with Crippen LogP contribution >= 0.6 is 0 Å². The second kappa shape index (κ2) is 6.62. The Morgan fingerprint density at radius 2 is 1.82 bits per heavy atom. The molecule has 0 aliphatic carbocycles. The first-order valence-electron chi connectivity index (χ1n) is 6.53. The van der Waals surface area contributed by atoms with E-state index in [2.05, 4.69) is 10.5 Å². The van der Waals surface area contributed by atoms with Gasteiger partial charge in [-0.2, -0.15) is 5.10 Å². The fraction of sp³-hybridized carbons (Fsp3) is 0.125. The minimum atomic E-state index is -0.415. The number of hydrogen-bond donors (Lipinski definition) is 3. The fourth-order valence-corrected chi connectivity index (χ4v) is 1.85. The number of ether oxygens (including phenoxy) is 1. The van der Waals surface area contributed by atoms with Crippen molar-refractivity contribution in [2.45, 2.75) is 6.92 Å². The van der Waals surface area contributed by atoms with E-state index < -0.39 is 5.91 Å². The Hall–Kier alpha value is -3.02. The normalized spacial score (nSPS) is 11.1. The Labute approximate surface area is 127 Å². The summed E-state index contributed by atoms with van der Waals surface area (Å²) < 4.78 is 5.03. The fourth-order valence-electron chi connectivity index (χ4n) is 1.85. The van der Waals surface area contributed by atoms with Gasteiger partial charge in [0.05, 0.1) is 12.8 Å². The third-order valence-corrected chi connectivity index (χ3v) is 3.06. The quantitative estimate of drug-likeness (QED) is 0.596. The number of rotatable bonds is 4. The zero-order valence-corrected chi connectivity index (χ0v) is 12.2. The van der Waals surface area contributed by atoms with Crippen molar-refractivity contribution in [1.29, 1.82) is 0 Å². The average molecular weight is 300 g/mol. The van der Waals surface area contributed by atoms with Gasteiger partial charge in [-0.05, 0) is 43.3 Å². The molecule has 2 rings (SSSR count). The van der Waals surface area contributed by atoms with Crippen LogP contribution in [0, 0.1) is 0 Å². The van der Waals surface area contributed by atoms with Gasteiger partial charge < -0.3 is 14.9 Å². The Morgan fingerprint density at radius 1 is 1.14 bits per heavy atom. The molecule has 0 heterocycles. The molecule has 114 valence electrons. The average Bonchev–Trinajstić information content (AvgIpc) is 2.53. The highest BCUT2D eigenvalue weighted by Gasteiger charge is 2.10. The molecule has 0 aromatic heterocycles. The lowest BCUT2D eigenvalue weighted by molar-refractivity contribution is 0.0955. The summed E-state index contributed by atoms with van der Waals surface area (Å²) in [6.45, 7) is 1.66. The second-order valence-corrected chi connectivity index (χ2v) is 4.54. The lowest BCUT2D eigenvalue weighted by atomic mass is 10.1. The van der Waals surface area contributed by atoms with Crippen molar-refractivity contribution in [3.8, 4) is 17.2 Å². The number of benzene rings is 2. The summed E-state index contributed by atoms with van der Waals surface area (Å²) in [5.41, 5.74) is 3.66. The molecule has 2 aromatic rings. The van der Waals surface area contributed by atoms with E-state index in [-0.39, 0.29) is 11.5 Å². The SMILES string of the molecule is COc1cccc(C(C)=NNC(=O)c2ccc(O)cc2)c1O. The van der Waals surface area contributed by atoms with Crippen molar-refractivity contribution in [3.05, 3.63) is 53.6 Å². The Balaban J connectivity index is 2.16. The van der Waals surface area contributed by atoms with Crippen molar-refractivity contribution in [2.75, 3.05) is 7.11 Å². The number of phenolic OH excluding ortho intramolecular Hbond substituents is 2. The second-order valence-electron chi connectivity index (χ2n) is 4.54. The summed E-state index contributed by atoms with van der Waals surface area (Å²) in [5, 5.41) is 23.2. The molecule has 0 bridgehead atoms. The van der Waals surface area contributed by atoms with Crippen LogP contribution < -0.4 is 10.2 Å². The van der Waals surface area contributed by atoms with Crippen LogP contribution in [0.25, 0.3) is 0 Å². The highest BCUT2D eigenvalue weighted by molar-refractivity contribution is 6.03. The number of hydrazone groups is 1. The van der Waals surface area contributed by atoms with Crippen LogP contribution in [-0.4, -0.2) is 28.9 Å². The van der Waals surface area contributed by atoms with E-state index in [4.69, 9.17) is 4.74 Å². The largest absolute Gasteiger partial charge is 0.508 e. The first-order valence-corrected chi connectivity index (χ1v) is 6.53. The van der Waals surface area contributed by atoms with Crippen molar-refractivity contribution >= 4 is 11.6 Å². The molecule has 0 saturated carbocycles. The van der Waals surface area contributed by atoms with E-state index in [1.54, 1.807) is 25.1 Å². The van der Waals surface area contributed by atoms with Gasteiger partial charge in [-0.1, -0.05) is 6.07 Å². The Kier molecular flexibility index (Phi) is 4.63. The summed E-state index contributed by atoms with van der Waals surface area (Å²) in [4.78, 5) is 11.9. The highest BCUT2D eigenvalue weighted by Crippen LogP contribution is 2.29. The number of carbonyl (C=O) groups excluding carboxylic acids is 1. The molecular formula is C16H16N2O4. The van der Waals surface area contributed by atoms with Crippen LogP contribution in [0.3, 0.4) is 0 Å². The minimum Gasteiger partial charge on any atom is -0.508 e. The van der Waals surface area contributed by atoms with E-state index in [0.29, 0.717) is 22.6 Å². The molecule has 6 nitrogen and oxygen atoms in total. The molecule has 0 spiro atoms. The predicted octanol–water partition coefficient (Wildman–Crippen LogP) is 2.26. The van der Waals surface area contributed by atoms with Crippen molar-refractivity contribution < 1.29 is 19.7 Å². The lowest BCUT2D eigenvalue weighted by Crippen LogP contribution is -2.19. The zero-order chi connectivity index (χ0) is 16.1. The molecular weight excluding hydrogens is 284 g/mol. The summed E-state index contributed by atoms with van der Waals surface area (Å²) in [7, 11) is 1.46. The molecule has 2 aromatic carbocycles. The molecule has 22 heavy (non-hydrogen) atoms. The standard InChI is InChI=1S/C16H16N2O4/c1-10(13-4-3-5-14(22-2)15(13)20)17-18-16(21)11-6-8-12(19)9-7-11/h3-9,19-20H,1-2H3,(H,18,21). The maximum absolute atomic E-state index is 11.9. The number of nitrogens with zero attached hydrogens (tertiary/aromatic N) is 1. The monoisotopic (exact) mass is 300 g/mol. The van der Waals surface area contributed by atoms with Gasteiger partial charge in [0, 0.05) is 11.1 Å². The molecule has 0 radical (unpaired) electrons. The minimum absolute atomic E-state index is 0.0369. The van der Waals surface area contributed by atoms with E-state index in [1.807, 2.05) is 0 Å². The Morgan fingerprint density at radius 3 is 2.45 bits per heavy atom. The van der Waals surface area contributed by atoms with Crippen LogP contribution in [0.15, 0.2) is 47.6 Å². The maximum Gasteiger partial charge on any atom is 0.271 e. The van der Waals surface area contributed by atoms with E-state index in [9.17, 15) is 15.0 Å². The van der Waals surface area contributed by atoms with Gasteiger partial charge in [0.15, 0.2) is 11.5 Å². The Bertz CT molecular complexity index is 709. The number of phenols is 2. The van der Waals surface area contributed by atoms with Gasteiger partial charge in [0.1, 0.15) is 5.75 Å². The summed E-state index contributed by atoms with van der Waals surface area (Å²) in [6, 6.07) is 10.8. The third kappa shape index (κ3) is 3.35. The van der Waals surface area contributed by atoms with Crippen molar-refractivity contribution in [2.24, 2.45) is 5.10 Å². The summed E-state index contributed by atoms with van der Waals surface area (Å²) >= 11 is 0. The molecule has 0 aliphatic rings. The van der Waals surface area contributed by atoms with E-state index in [1.165, 1.54) is 31.4 Å². The van der Waals surface area contributed by atoms with E-state index in [0.717, 1.165) is 0 Å². The van der Waals surface area contributed by atoms with Gasteiger partial charge in [-0.25, -0.2) is 5.43 Å². The molecule has 0 atom stereocenters. The molecule has 3 N–H and O–H groups in total. The molecule has 6 heteroatoms. The third-order valence-electron chi connectivity index (χ3n) is 3.06. The lowest BCUT2D eigenvalue weighted by Gasteiger charge is -2.08. The van der Waals surface area contributed by atoms with Gasteiger partial charge >= 0.3 is 0 Å².